The molecule has 0 atom stereocenters. The molecular weight excluding hydrogens is 800 g/mol. The highest BCUT2D eigenvalue weighted by molar-refractivity contribution is 7.27. The first-order valence-electron chi connectivity index (χ1n) is 20.8. The summed E-state index contributed by atoms with van der Waals surface area (Å²) in [6.45, 7) is 10.0. The lowest BCUT2D eigenvalue weighted by Gasteiger charge is -2.12. The molecule has 0 unspecified atom stereocenters. The van der Waals surface area contributed by atoms with Gasteiger partial charge in [-0.25, -0.2) is 4.98 Å². The first kappa shape index (κ1) is 36.6. The van der Waals surface area contributed by atoms with Gasteiger partial charge in [0.2, 0.25) is 5.71 Å². The molecule has 5 nitrogen and oxygen atoms in total. The van der Waals surface area contributed by atoms with Gasteiger partial charge in [-0.05, 0) is 102 Å². The summed E-state index contributed by atoms with van der Waals surface area (Å²) >= 11 is 9.05. The van der Waals surface area contributed by atoms with Crippen molar-refractivity contribution in [3.05, 3.63) is 173 Å². The van der Waals surface area contributed by atoms with Crippen molar-refractivity contribution in [1.29, 1.82) is 0 Å². The van der Waals surface area contributed by atoms with E-state index in [9.17, 15) is 0 Å². The Balaban J connectivity index is 1.22. The second-order valence-corrected chi connectivity index (χ2v) is 17.2. The Hall–Kier alpha value is -7.25. The van der Waals surface area contributed by atoms with Gasteiger partial charge in [-0.15, -0.1) is 11.3 Å². The molecule has 0 fully saturated rings. The van der Waals surface area contributed by atoms with Crippen LogP contribution in [0, 0.1) is 6.92 Å². The summed E-state index contributed by atoms with van der Waals surface area (Å²) in [6.07, 6.45) is 9.99. The fourth-order valence-corrected chi connectivity index (χ4v) is 11.3. The van der Waals surface area contributed by atoms with E-state index in [4.69, 9.17) is 26.0 Å². The molecule has 0 bridgehead atoms. The summed E-state index contributed by atoms with van der Waals surface area (Å²) in [7, 11) is 0. The van der Waals surface area contributed by atoms with E-state index >= 15 is 0 Å². The maximum atomic E-state index is 7.23. The Bertz CT molecular complexity index is 4050. The summed E-state index contributed by atoms with van der Waals surface area (Å²) in [5.74, 6) is 1.27. The minimum absolute atomic E-state index is 0.268. The summed E-state index contributed by atoms with van der Waals surface area (Å²) in [5, 5.41) is 13.2. The van der Waals surface area contributed by atoms with Crippen molar-refractivity contribution >= 4 is 127 Å². The molecule has 12 aromatic rings. The number of fused-ring (bicyclic) bond motifs is 13. The van der Waals surface area contributed by atoms with Crippen molar-refractivity contribution in [3.8, 4) is 22.6 Å². The molecule has 0 saturated carbocycles. The van der Waals surface area contributed by atoms with Crippen LogP contribution in [-0.4, -0.2) is 19.1 Å². The largest absolute Gasteiger partial charge is 0.441 e. The predicted octanol–water partition coefficient (Wildman–Crippen LogP) is 14.4. The van der Waals surface area contributed by atoms with Crippen LogP contribution in [0.1, 0.15) is 25.2 Å². The fraction of sp³-hybridized carbons (Fsp3) is 0.0545. The number of allylic oxidation sites excluding steroid dienone is 2. The van der Waals surface area contributed by atoms with Crippen molar-refractivity contribution in [1.82, 2.24) is 19.1 Å². The lowest BCUT2D eigenvalue weighted by molar-refractivity contribution is 0.566. The molecule has 0 N–H and O–H groups in total. The second kappa shape index (κ2) is 13.9. The predicted molar refractivity (Wildman–Crippen MR) is 265 cm³/mol. The average molecular weight is 837 g/mol. The molecule has 0 aliphatic carbocycles. The molecule has 5 aromatic heterocycles. The van der Waals surface area contributed by atoms with Crippen LogP contribution in [0.15, 0.2) is 151 Å². The maximum Gasteiger partial charge on any atom is 0.247 e. The Kier molecular flexibility index (Phi) is 8.20. The maximum absolute atomic E-state index is 7.23. The van der Waals surface area contributed by atoms with Gasteiger partial charge in [0.1, 0.15) is 11.3 Å². The van der Waals surface area contributed by atoms with Crippen LogP contribution in [0.3, 0.4) is 0 Å². The van der Waals surface area contributed by atoms with E-state index in [1.807, 2.05) is 30.4 Å². The molecular formula is C55H37ClN4OS. The number of para-hydroxylation sites is 2. The zero-order chi connectivity index (χ0) is 41.8. The van der Waals surface area contributed by atoms with Crippen LogP contribution in [0.5, 0.6) is 0 Å². The summed E-state index contributed by atoms with van der Waals surface area (Å²) < 4.78 is 13.1. The summed E-state index contributed by atoms with van der Waals surface area (Å²) in [4.78, 5) is 10.2. The molecule has 62 heavy (non-hydrogen) atoms. The molecule has 5 heterocycles. The number of rotatable bonds is 5. The molecule has 296 valence electrons. The highest BCUT2D eigenvalue weighted by Gasteiger charge is 2.25. The Labute approximate surface area is 365 Å². The van der Waals surface area contributed by atoms with E-state index in [2.05, 4.69) is 169 Å². The number of aryl methyl sites for hydroxylation is 1. The Morgan fingerprint density at radius 3 is 2.19 bits per heavy atom. The molecule has 0 radical (unpaired) electrons. The van der Waals surface area contributed by atoms with Gasteiger partial charge in [0, 0.05) is 48.1 Å². The lowest BCUT2D eigenvalue weighted by Crippen LogP contribution is -2.28. The molecule has 7 aromatic carbocycles. The third-order valence-corrected chi connectivity index (χ3v) is 13.9. The van der Waals surface area contributed by atoms with Crippen LogP contribution in [0.4, 0.5) is 0 Å². The van der Waals surface area contributed by atoms with E-state index in [1.165, 1.54) is 58.1 Å². The van der Waals surface area contributed by atoms with Crippen molar-refractivity contribution < 1.29 is 4.42 Å². The first-order valence-corrected chi connectivity index (χ1v) is 22.0. The summed E-state index contributed by atoms with van der Waals surface area (Å²) in [6, 6.07) is 46.6. The Morgan fingerprint density at radius 2 is 1.40 bits per heavy atom. The standard InChI is InChI=1S/C55H37ClN4OS/c1-5-8-20-38-31(4)61-55-50(38)57-54(53(56)58-55)60-44(7-3)37(6-2)48-42-27-34(24-26-41(42)49-43-28-32-16-12-13-17-33(32)30-47(43)62-52(49)51(48)60)35-23-25-40-39-21-14-15-22-45(39)59(46(40)29-35)36-18-10-9-11-19-36/h5-30H,1H2,2-4H3/b20-8-,37-6+,44-7+. The van der Waals surface area contributed by atoms with Crippen molar-refractivity contribution in [2.45, 2.75) is 20.8 Å². The zero-order valence-electron chi connectivity index (χ0n) is 34.2. The quantitative estimate of drug-likeness (QED) is 0.162. The second-order valence-electron chi connectivity index (χ2n) is 15.8. The van der Waals surface area contributed by atoms with Crippen LogP contribution in [0.25, 0.3) is 127 Å². The average Bonchev–Trinajstić information content (AvgIpc) is 4.03. The van der Waals surface area contributed by atoms with Gasteiger partial charge >= 0.3 is 0 Å². The number of furan rings is 1. The third kappa shape index (κ3) is 5.20. The number of halogens is 1. The number of thiophene rings is 1. The normalized spacial score (nSPS) is 13.0. The molecule has 0 aliphatic rings. The van der Waals surface area contributed by atoms with Crippen LogP contribution in [0.2, 0.25) is 5.15 Å². The van der Waals surface area contributed by atoms with Crippen LogP contribution >= 0.6 is 22.9 Å². The zero-order valence-corrected chi connectivity index (χ0v) is 35.8. The van der Waals surface area contributed by atoms with Gasteiger partial charge in [0.25, 0.3) is 0 Å². The van der Waals surface area contributed by atoms with Crippen LogP contribution in [-0.2, 0) is 0 Å². The van der Waals surface area contributed by atoms with E-state index < -0.39 is 0 Å². The first-order chi connectivity index (χ1) is 30.4. The number of nitrogens with zero attached hydrogens (tertiary/aromatic N) is 4. The molecule has 0 saturated heterocycles. The number of benzene rings is 7. The molecule has 7 heteroatoms. The summed E-state index contributed by atoms with van der Waals surface area (Å²) in [5.41, 5.74) is 8.73. The van der Waals surface area contributed by atoms with Crippen molar-refractivity contribution in [3.63, 3.8) is 0 Å². The topological polar surface area (TPSA) is 48.8 Å². The SMILES string of the molecule is C=C/C=C\c1c(C)oc2nc(Cl)c(-n3c(=C/C)/c(=C\C)c4c5cc(-c6ccc7c8ccccc8n(-c8ccccc8)c7c6)ccc5c5c6cc7ccccc7cc6sc5c43)nc12. The van der Waals surface area contributed by atoms with Crippen molar-refractivity contribution in [2.24, 2.45) is 0 Å². The van der Waals surface area contributed by atoms with Gasteiger partial charge in [0.05, 0.1) is 26.6 Å². The van der Waals surface area contributed by atoms with E-state index in [0.29, 0.717) is 22.8 Å². The third-order valence-electron chi connectivity index (χ3n) is 12.5. The Morgan fingerprint density at radius 1 is 0.677 bits per heavy atom. The van der Waals surface area contributed by atoms with E-state index in [0.717, 1.165) is 49.2 Å². The van der Waals surface area contributed by atoms with Gasteiger partial charge in [-0.1, -0.05) is 127 Å². The molecule has 0 aliphatic heterocycles. The molecule has 12 rings (SSSR count). The molecule has 0 spiro atoms. The minimum Gasteiger partial charge on any atom is -0.441 e. The van der Waals surface area contributed by atoms with Gasteiger partial charge in [-0.3, -0.25) is 4.57 Å². The highest BCUT2D eigenvalue weighted by Crippen LogP contribution is 2.46. The highest BCUT2D eigenvalue weighted by atomic mass is 35.5. The molecule has 0 amide bonds. The van der Waals surface area contributed by atoms with E-state index in [1.54, 1.807) is 6.08 Å². The van der Waals surface area contributed by atoms with E-state index in [-0.39, 0.29) is 5.15 Å². The van der Waals surface area contributed by atoms with Crippen molar-refractivity contribution in [2.75, 3.05) is 0 Å². The fourth-order valence-electron chi connectivity index (χ4n) is 9.77. The number of hydrogen-bond acceptors (Lipinski definition) is 4. The smallest absolute Gasteiger partial charge is 0.247 e. The monoisotopic (exact) mass is 836 g/mol. The van der Waals surface area contributed by atoms with Gasteiger partial charge in [0.15, 0.2) is 11.0 Å². The number of hydrogen-bond donors (Lipinski definition) is 0. The minimum atomic E-state index is 0.268. The van der Waals surface area contributed by atoms with Crippen LogP contribution < -0.4 is 10.6 Å². The number of aromatic nitrogens is 4. The van der Waals surface area contributed by atoms with Gasteiger partial charge < -0.3 is 8.98 Å². The lowest BCUT2D eigenvalue weighted by atomic mass is 9.94. The van der Waals surface area contributed by atoms with Gasteiger partial charge in [-0.2, -0.15) is 4.98 Å².